The van der Waals surface area contributed by atoms with E-state index < -0.39 is 30.3 Å². The maximum atomic E-state index is 11.9. The number of esters is 1. The molecule has 0 spiro atoms. The molecule has 0 fully saturated rings. The second-order valence-electron chi connectivity index (χ2n) is 6.37. The fourth-order valence-corrected chi connectivity index (χ4v) is 2.53. The predicted molar refractivity (Wildman–Crippen MR) is 110 cm³/mol. The summed E-state index contributed by atoms with van der Waals surface area (Å²) < 4.78 is 4.87. The van der Waals surface area contributed by atoms with Crippen LogP contribution in [0.2, 0.25) is 5.02 Å². The van der Waals surface area contributed by atoms with E-state index in [4.69, 9.17) is 16.3 Å². The summed E-state index contributed by atoms with van der Waals surface area (Å²) in [5.41, 5.74) is 5.67. The average Bonchev–Trinajstić information content (AvgIpc) is 2.75. The zero-order valence-corrected chi connectivity index (χ0v) is 17.1. The molecule has 3 N–H and O–H groups in total. The lowest BCUT2D eigenvalue weighted by Gasteiger charge is -2.14. The highest BCUT2D eigenvalue weighted by atomic mass is 35.5. The second-order valence-corrected chi connectivity index (χ2v) is 6.81. The molecular weight excluding hydrogens is 410 g/mol. The van der Waals surface area contributed by atoms with Crippen LogP contribution in [0.4, 0.5) is 0 Å². The Morgan fingerprint density at radius 3 is 2.23 bits per heavy atom. The third kappa shape index (κ3) is 7.92. The number of benzene rings is 2. The van der Waals surface area contributed by atoms with Gasteiger partial charge in [0.05, 0.1) is 12.5 Å². The lowest BCUT2D eigenvalue weighted by atomic mass is 10.1. The zero-order chi connectivity index (χ0) is 21.9. The van der Waals surface area contributed by atoms with Gasteiger partial charge in [0, 0.05) is 17.0 Å². The Morgan fingerprint density at radius 1 is 0.900 bits per heavy atom. The first-order valence-electron chi connectivity index (χ1n) is 9.20. The Bertz CT molecular complexity index is 887. The van der Waals surface area contributed by atoms with Crippen molar-refractivity contribution in [3.63, 3.8) is 0 Å². The summed E-state index contributed by atoms with van der Waals surface area (Å²) in [7, 11) is 0. The first-order valence-corrected chi connectivity index (χ1v) is 9.57. The van der Waals surface area contributed by atoms with Gasteiger partial charge in [0.15, 0.2) is 6.61 Å². The molecular formula is C21H22ClN3O5. The van der Waals surface area contributed by atoms with Crippen LogP contribution >= 0.6 is 11.6 Å². The highest BCUT2D eigenvalue weighted by Crippen LogP contribution is 2.11. The summed E-state index contributed by atoms with van der Waals surface area (Å²) in [4.78, 5) is 47.2. The molecule has 0 saturated heterocycles. The summed E-state index contributed by atoms with van der Waals surface area (Å²) in [6.45, 7) is 1.38. The number of nitrogens with one attached hydrogen (secondary N) is 3. The van der Waals surface area contributed by atoms with Gasteiger partial charge in [0.2, 0.25) is 5.91 Å². The minimum Gasteiger partial charge on any atom is -0.456 e. The van der Waals surface area contributed by atoms with E-state index in [1.807, 2.05) is 37.3 Å². The lowest BCUT2D eigenvalue weighted by molar-refractivity contribution is -0.149. The van der Waals surface area contributed by atoms with Crippen molar-refractivity contribution in [1.82, 2.24) is 16.2 Å². The highest BCUT2D eigenvalue weighted by Gasteiger charge is 2.13. The van der Waals surface area contributed by atoms with E-state index in [0.717, 1.165) is 5.56 Å². The number of halogens is 1. The van der Waals surface area contributed by atoms with Crippen LogP contribution in [0.15, 0.2) is 54.6 Å². The molecule has 8 nitrogen and oxygen atoms in total. The number of hydrogen-bond acceptors (Lipinski definition) is 5. The number of carbonyl (C=O) groups excluding carboxylic acids is 4. The minimum absolute atomic E-state index is 0.207. The van der Waals surface area contributed by atoms with E-state index in [0.29, 0.717) is 10.6 Å². The van der Waals surface area contributed by atoms with Crippen molar-refractivity contribution < 1.29 is 23.9 Å². The van der Waals surface area contributed by atoms with Crippen molar-refractivity contribution >= 4 is 35.3 Å². The molecule has 2 aromatic rings. The van der Waals surface area contributed by atoms with Crippen LogP contribution < -0.4 is 16.2 Å². The van der Waals surface area contributed by atoms with Gasteiger partial charge >= 0.3 is 5.97 Å². The van der Waals surface area contributed by atoms with Crippen LogP contribution in [0, 0.1) is 0 Å². The molecule has 0 aliphatic heterocycles. The molecule has 0 heterocycles. The van der Waals surface area contributed by atoms with Gasteiger partial charge in [-0.25, -0.2) is 0 Å². The number of hydrazine groups is 1. The Kier molecular flexibility index (Phi) is 8.83. The van der Waals surface area contributed by atoms with Crippen molar-refractivity contribution in [3.8, 4) is 0 Å². The standard InChI is InChI=1S/C21H22ClN3O5/c1-14(15-5-3-2-4-6-15)23-19(27)13-30-20(28)12-11-18(26)24-25-21(29)16-7-9-17(22)10-8-16/h2-10,14H,11-13H2,1H3,(H,23,27)(H,24,26)(H,25,29)/t14-/m0/s1. The molecule has 0 radical (unpaired) electrons. The normalized spacial score (nSPS) is 11.1. The highest BCUT2D eigenvalue weighted by molar-refractivity contribution is 6.30. The molecule has 1 atom stereocenters. The molecule has 2 rings (SSSR count). The van der Waals surface area contributed by atoms with Crippen molar-refractivity contribution in [2.45, 2.75) is 25.8 Å². The molecule has 0 aromatic heterocycles. The predicted octanol–water partition coefficient (Wildman–Crippen LogP) is 2.30. The smallest absolute Gasteiger partial charge is 0.306 e. The zero-order valence-electron chi connectivity index (χ0n) is 16.3. The van der Waals surface area contributed by atoms with Crippen molar-refractivity contribution in [2.24, 2.45) is 0 Å². The summed E-state index contributed by atoms with van der Waals surface area (Å²) in [5.74, 6) is -2.24. The second kappa shape index (κ2) is 11.6. The topological polar surface area (TPSA) is 114 Å². The number of amides is 3. The van der Waals surface area contributed by atoms with Crippen molar-refractivity contribution in [2.75, 3.05) is 6.61 Å². The maximum Gasteiger partial charge on any atom is 0.306 e. The van der Waals surface area contributed by atoms with Gasteiger partial charge in [-0.1, -0.05) is 41.9 Å². The third-order valence-electron chi connectivity index (χ3n) is 4.02. The fourth-order valence-electron chi connectivity index (χ4n) is 2.40. The Hall–Kier alpha value is -3.39. The van der Waals surface area contributed by atoms with Gasteiger partial charge in [0.25, 0.3) is 11.8 Å². The molecule has 30 heavy (non-hydrogen) atoms. The summed E-state index contributed by atoms with van der Waals surface area (Å²) in [6.07, 6.45) is -0.439. The van der Waals surface area contributed by atoms with E-state index in [-0.39, 0.29) is 18.9 Å². The minimum atomic E-state index is -0.698. The van der Waals surface area contributed by atoms with E-state index in [9.17, 15) is 19.2 Å². The van der Waals surface area contributed by atoms with Gasteiger partial charge in [0.1, 0.15) is 0 Å². The van der Waals surface area contributed by atoms with E-state index in [2.05, 4.69) is 16.2 Å². The van der Waals surface area contributed by atoms with E-state index in [1.165, 1.54) is 12.1 Å². The molecule has 0 aliphatic carbocycles. The Balaban J connectivity index is 1.62. The number of rotatable bonds is 8. The van der Waals surface area contributed by atoms with Crippen LogP contribution in [-0.2, 0) is 19.1 Å². The molecule has 0 bridgehead atoms. The fraction of sp³-hybridized carbons (Fsp3) is 0.238. The summed E-state index contributed by atoms with van der Waals surface area (Å²) in [6, 6.07) is 15.2. The molecule has 2 aromatic carbocycles. The van der Waals surface area contributed by atoms with E-state index >= 15 is 0 Å². The van der Waals surface area contributed by atoms with Gasteiger partial charge in [-0.2, -0.15) is 0 Å². The van der Waals surface area contributed by atoms with E-state index in [1.54, 1.807) is 12.1 Å². The van der Waals surface area contributed by atoms with Gasteiger partial charge in [-0.3, -0.25) is 30.0 Å². The number of hydrogen-bond donors (Lipinski definition) is 3. The third-order valence-corrected chi connectivity index (χ3v) is 4.27. The summed E-state index contributed by atoms with van der Waals surface area (Å²) in [5, 5.41) is 3.20. The van der Waals surface area contributed by atoms with Crippen LogP contribution in [0.5, 0.6) is 0 Å². The molecule has 0 aliphatic rings. The summed E-state index contributed by atoms with van der Waals surface area (Å²) >= 11 is 5.74. The largest absolute Gasteiger partial charge is 0.456 e. The van der Waals surface area contributed by atoms with Gasteiger partial charge in [-0.15, -0.1) is 0 Å². The quantitative estimate of drug-likeness (QED) is 0.438. The van der Waals surface area contributed by atoms with Crippen molar-refractivity contribution in [3.05, 3.63) is 70.7 Å². The van der Waals surface area contributed by atoms with Crippen LogP contribution in [-0.4, -0.2) is 30.3 Å². The SMILES string of the molecule is C[C@H](NC(=O)COC(=O)CCC(=O)NNC(=O)c1ccc(Cl)cc1)c1ccccc1. The molecule has 3 amide bonds. The van der Waals surface area contributed by atoms with Gasteiger partial charge in [-0.05, 0) is 36.8 Å². The van der Waals surface area contributed by atoms with Crippen molar-refractivity contribution in [1.29, 1.82) is 0 Å². The van der Waals surface area contributed by atoms with Crippen LogP contribution in [0.3, 0.4) is 0 Å². The number of carbonyl (C=O) groups is 4. The molecule has 158 valence electrons. The average molecular weight is 432 g/mol. The monoisotopic (exact) mass is 431 g/mol. The Labute approximate surface area is 178 Å². The first-order chi connectivity index (χ1) is 14.3. The lowest BCUT2D eigenvalue weighted by Crippen LogP contribution is -2.41. The van der Waals surface area contributed by atoms with Crippen LogP contribution in [0.25, 0.3) is 0 Å². The molecule has 0 unspecified atom stereocenters. The molecule has 9 heteroatoms. The Morgan fingerprint density at radius 2 is 1.57 bits per heavy atom. The van der Waals surface area contributed by atoms with Crippen LogP contribution in [0.1, 0.15) is 41.7 Å². The first kappa shape index (κ1) is 22.9. The van der Waals surface area contributed by atoms with Gasteiger partial charge < -0.3 is 10.1 Å². The maximum absolute atomic E-state index is 11.9. The molecule has 0 saturated carbocycles. The number of ether oxygens (including phenoxy) is 1.